The minimum atomic E-state index is -3.78. The molecule has 0 aliphatic heterocycles. The van der Waals surface area contributed by atoms with Gasteiger partial charge in [0.2, 0.25) is 21.8 Å². The Balaban J connectivity index is 2.39. The van der Waals surface area contributed by atoms with E-state index in [2.05, 4.69) is 5.32 Å². The van der Waals surface area contributed by atoms with Gasteiger partial charge in [-0.25, -0.2) is 8.42 Å². The minimum Gasteiger partial charge on any atom is -0.352 e. The summed E-state index contributed by atoms with van der Waals surface area (Å²) in [6.45, 7) is 7.35. The molecular weight excluding hydrogens is 486 g/mol. The summed E-state index contributed by atoms with van der Waals surface area (Å²) in [5, 5.41) is 3.44. The van der Waals surface area contributed by atoms with E-state index in [4.69, 9.17) is 11.6 Å². The van der Waals surface area contributed by atoms with Crippen LogP contribution in [0.2, 0.25) is 5.02 Å². The molecule has 35 heavy (non-hydrogen) atoms. The molecule has 0 saturated carbocycles. The monoisotopic (exact) mass is 521 g/mol. The molecule has 2 atom stereocenters. The zero-order chi connectivity index (χ0) is 26.2. The second-order valence-corrected chi connectivity index (χ2v) is 11.1. The maximum atomic E-state index is 13.6. The summed E-state index contributed by atoms with van der Waals surface area (Å²) in [7, 11) is -3.78. The fourth-order valence-electron chi connectivity index (χ4n) is 3.83. The topological polar surface area (TPSA) is 86.8 Å². The van der Waals surface area contributed by atoms with Crippen molar-refractivity contribution in [1.29, 1.82) is 0 Å². The number of carbonyl (C=O) groups excluding carboxylic acids is 2. The molecule has 2 aromatic rings. The average Bonchev–Trinajstić information content (AvgIpc) is 2.80. The van der Waals surface area contributed by atoms with Gasteiger partial charge < -0.3 is 10.2 Å². The molecule has 0 unspecified atom stereocenters. The van der Waals surface area contributed by atoms with Crippen LogP contribution in [0.1, 0.15) is 44.7 Å². The van der Waals surface area contributed by atoms with Crippen LogP contribution in [0.4, 0.5) is 5.69 Å². The fourth-order valence-corrected chi connectivity index (χ4v) is 4.96. The van der Waals surface area contributed by atoms with Crippen molar-refractivity contribution >= 4 is 39.1 Å². The maximum Gasteiger partial charge on any atom is 0.244 e. The van der Waals surface area contributed by atoms with Crippen LogP contribution in [0.3, 0.4) is 0 Å². The number of benzene rings is 2. The number of anilines is 1. The molecule has 192 valence electrons. The van der Waals surface area contributed by atoms with Gasteiger partial charge in [0.1, 0.15) is 12.6 Å². The van der Waals surface area contributed by atoms with Crippen LogP contribution in [-0.4, -0.2) is 56.6 Å². The van der Waals surface area contributed by atoms with Gasteiger partial charge in [-0.2, -0.15) is 0 Å². The molecule has 9 heteroatoms. The highest BCUT2D eigenvalue weighted by atomic mass is 35.5. The number of sulfonamides is 1. The van der Waals surface area contributed by atoms with Crippen LogP contribution >= 0.6 is 11.6 Å². The molecule has 0 fully saturated rings. The van der Waals surface area contributed by atoms with E-state index >= 15 is 0 Å². The summed E-state index contributed by atoms with van der Waals surface area (Å²) in [6.07, 6.45) is 2.77. The summed E-state index contributed by atoms with van der Waals surface area (Å²) >= 11 is 6.05. The minimum absolute atomic E-state index is 0.0353. The third kappa shape index (κ3) is 8.25. The van der Waals surface area contributed by atoms with E-state index in [0.717, 1.165) is 22.5 Å². The van der Waals surface area contributed by atoms with Gasteiger partial charge in [0.05, 0.1) is 11.9 Å². The number of aryl methyl sites for hydroxylation is 1. The van der Waals surface area contributed by atoms with Crippen LogP contribution in [0, 0.1) is 6.92 Å². The van der Waals surface area contributed by atoms with Crippen molar-refractivity contribution in [2.45, 2.75) is 59.0 Å². The van der Waals surface area contributed by atoms with Gasteiger partial charge in [-0.05, 0) is 62.4 Å². The Labute approximate surface area is 214 Å². The molecule has 0 spiro atoms. The molecule has 0 aliphatic carbocycles. The lowest BCUT2D eigenvalue weighted by molar-refractivity contribution is -0.139. The lowest BCUT2D eigenvalue weighted by Crippen LogP contribution is -2.54. The van der Waals surface area contributed by atoms with E-state index in [1.807, 2.05) is 51.1 Å². The van der Waals surface area contributed by atoms with Crippen LogP contribution in [-0.2, 0) is 26.0 Å². The average molecular weight is 522 g/mol. The number of hydrogen-bond donors (Lipinski definition) is 1. The Morgan fingerprint density at radius 1 is 1.06 bits per heavy atom. The molecule has 7 nitrogen and oxygen atoms in total. The first-order chi connectivity index (χ1) is 16.5. The van der Waals surface area contributed by atoms with Crippen LogP contribution in [0.5, 0.6) is 0 Å². The third-order valence-corrected chi connectivity index (χ3v) is 7.34. The summed E-state index contributed by atoms with van der Waals surface area (Å²) in [5.41, 5.74) is 2.04. The number of carbonyl (C=O) groups is 2. The van der Waals surface area contributed by atoms with E-state index in [-0.39, 0.29) is 18.5 Å². The van der Waals surface area contributed by atoms with Gasteiger partial charge in [0.15, 0.2) is 0 Å². The van der Waals surface area contributed by atoms with Crippen molar-refractivity contribution in [1.82, 2.24) is 10.2 Å². The van der Waals surface area contributed by atoms with Crippen molar-refractivity contribution in [3.8, 4) is 0 Å². The Kier molecular flexibility index (Phi) is 10.6. The molecular formula is C26H36ClN3O4S. The van der Waals surface area contributed by atoms with Gasteiger partial charge in [0, 0.05) is 17.6 Å². The zero-order valence-electron chi connectivity index (χ0n) is 21.1. The van der Waals surface area contributed by atoms with Crippen molar-refractivity contribution < 1.29 is 18.0 Å². The Morgan fingerprint density at radius 3 is 2.26 bits per heavy atom. The second kappa shape index (κ2) is 12.9. The quantitative estimate of drug-likeness (QED) is 0.454. The molecule has 1 N–H and O–H groups in total. The molecule has 2 amide bonds. The number of nitrogens with zero attached hydrogens (tertiary/aromatic N) is 2. The van der Waals surface area contributed by atoms with Gasteiger partial charge in [-0.15, -0.1) is 0 Å². The molecule has 0 radical (unpaired) electrons. The first-order valence-corrected chi connectivity index (χ1v) is 14.1. The lowest BCUT2D eigenvalue weighted by Gasteiger charge is -2.33. The van der Waals surface area contributed by atoms with Crippen molar-refractivity contribution in [3.63, 3.8) is 0 Å². The first kappa shape index (κ1) is 28.7. The zero-order valence-corrected chi connectivity index (χ0v) is 22.7. The van der Waals surface area contributed by atoms with Gasteiger partial charge in [0.25, 0.3) is 0 Å². The standard InChI is InChI=1S/C26H36ClN3O4S/c1-6-20(4)28-26(32)23(7-2)29(16-15-21-11-9-8-10-12-21)25(31)18-30(35(5,33)34)24-14-13-22(27)17-19(24)3/h8-14,17,20,23H,6-7,15-16,18H2,1-5H3,(H,28,32)/t20-,23+/m0/s1. The molecule has 2 aromatic carbocycles. The second-order valence-electron chi connectivity index (χ2n) is 8.77. The third-order valence-electron chi connectivity index (χ3n) is 5.98. The SMILES string of the molecule is CC[C@H](C(=O)N[C@@H](C)CC)N(CCc1ccccc1)C(=O)CN(c1ccc(Cl)cc1C)S(C)(=O)=O. The summed E-state index contributed by atoms with van der Waals surface area (Å²) < 4.78 is 26.5. The number of rotatable bonds is 12. The van der Waals surface area contributed by atoms with E-state index in [0.29, 0.717) is 29.1 Å². The molecule has 0 saturated heterocycles. The van der Waals surface area contributed by atoms with Crippen LogP contribution < -0.4 is 9.62 Å². The number of amides is 2. The number of nitrogens with one attached hydrogen (secondary N) is 1. The predicted octanol–water partition coefficient (Wildman–Crippen LogP) is 4.18. The molecule has 0 aromatic heterocycles. The fraction of sp³-hybridized carbons (Fsp3) is 0.462. The van der Waals surface area contributed by atoms with Crippen molar-refractivity contribution in [2.24, 2.45) is 0 Å². The molecule has 2 rings (SSSR count). The highest BCUT2D eigenvalue weighted by Gasteiger charge is 2.32. The molecule has 0 aliphatic rings. The Hall–Kier alpha value is -2.58. The van der Waals surface area contributed by atoms with E-state index in [9.17, 15) is 18.0 Å². The summed E-state index contributed by atoms with van der Waals surface area (Å²) in [4.78, 5) is 28.2. The van der Waals surface area contributed by atoms with Gasteiger partial charge >= 0.3 is 0 Å². The van der Waals surface area contributed by atoms with Gasteiger partial charge in [-0.1, -0.05) is 55.8 Å². The maximum absolute atomic E-state index is 13.6. The lowest BCUT2D eigenvalue weighted by atomic mass is 10.1. The Morgan fingerprint density at radius 2 is 1.71 bits per heavy atom. The largest absolute Gasteiger partial charge is 0.352 e. The van der Waals surface area contributed by atoms with Crippen LogP contribution in [0.25, 0.3) is 0 Å². The van der Waals surface area contributed by atoms with Crippen LogP contribution in [0.15, 0.2) is 48.5 Å². The highest BCUT2D eigenvalue weighted by molar-refractivity contribution is 7.92. The number of hydrogen-bond acceptors (Lipinski definition) is 4. The molecule has 0 heterocycles. The van der Waals surface area contributed by atoms with E-state index in [1.54, 1.807) is 25.1 Å². The van der Waals surface area contributed by atoms with Crippen molar-refractivity contribution in [3.05, 3.63) is 64.7 Å². The summed E-state index contributed by atoms with van der Waals surface area (Å²) in [5.74, 6) is -0.677. The van der Waals surface area contributed by atoms with Crippen molar-refractivity contribution in [2.75, 3.05) is 23.7 Å². The van der Waals surface area contributed by atoms with E-state index in [1.165, 1.54) is 4.90 Å². The number of halogens is 1. The molecule has 0 bridgehead atoms. The Bertz CT molecular complexity index is 1110. The normalized spacial score (nSPS) is 13.1. The smallest absolute Gasteiger partial charge is 0.244 e. The van der Waals surface area contributed by atoms with Gasteiger partial charge in [-0.3, -0.25) is 13.9 Å². The van der Waals surface area contributed by atoms with E-state index < -0.39 is 28.5 Å². The predicted molar refractivity (Wildman–Crippen MR) is 142 cm³/mol. The highest BCUT2D eigenvalue weighted by Crippen LogP contribution is 2.26. The summed E-state index contributed by atoms with van der Waals surface area (Å²) in [6, 6.07) is 13.8. The first-order valence-electron chi connectivity index (χ1n) is 11.9.